The maximum absolute atomic E-state index is 4.04. The minimum atomic E-state index is -0.405. The Kier molecular flexibility index (Phi) is 4.86. The summed E-state index contributed by atoms with van der Waals surface area (Å²) >= 11 is 11.4. The second kappa shape index (κ2) is 6.69. The van der Waals surface area contributed by atoms with Gasteiger partial charge in [-0.2, -0.15) is 0 Å². The molecule has 3 aromatic carbocycles. The molecule has 0 aromatic heterocycles. The van der Waals surface area contributed by atoms with Gasteiger partial charge in [-0.05, 0) is 54.6 Å². The van der Waals surface area contributed by atoms with Gasteiger partial charge >= 0.3 is 0 Å². The molecular weight excluding hydrogens is 468 g/mol. The predicted molar refractivity (Wildman–Crippen MR) is 104 cm³/mol. The van der Waals surface area contributed by atoms with Gasteiger partial charge in [-0.3, -0.25) is 0 Å². The molecular formula is C19H13Br3. The Morgan fingerprint density at radius 3 is 1.59 bits per heavy atom. The maximum Gasteiger partial charge on any atom is 0.102 e. The molecule has 3 rings (SSSR count). The number of hydrogen-bond donors (Lipinski definition) is 0. The lowest BCUT2D eigenvalue weighted by Gasteiger charge is -2.31. The first kappa shape index (κ1) is 16.0. The number of rotatable bonds is 3. The first-order chi connectivity index (χ1) is 10.6. The zero-order valence-electron chi connectivity index (χ0n) is 11.6. The van der Waals surface area contributed by atoms with Crippen LogP contribution in [0.1, 0.15) is 16.7 Å². The van der Waals surface area contributed by atoms with Gasteiger partial charge in [0.2, 0.25) is 0 Å². The molecule has 0 heterocycles. The standard InChI is InChI=1S/C19H13Br3/c20-17-13-7-12-16(18(17)21)19(22,14-8-3-1-4-9-14)15-10-5-2-6-11-15/h1-13H. The lowest BCUT2D eigenvalue weighted by atomic mass is 9.85. The Hall–Kier alpha value is -0.900. The topological polar surface area (TPSA) is 0 Å². The van der Waals surface area contributed by atoms with Crippen molar-refractivity contribution in [3.63, 3.8) is 0 Å². The first-order valence-corrected chi connectivity index (χ1v) is 9.26. The van der Waals surface area contributed by atoms with E-state index in [1.807, 2.05) is 18.2 Å². The molecule has 0 unspecified atom stereocenters. The fraction of sp³-hybridized carbons (Fsp3) is 0.0526. The fourth-order valence-corrected chi connectivity index (χ4v) is 4.64. The van der Waals surface area contributed by atoms with Crippen LogP contribution in [0.4, 0.5) is 0 Å². The van der Waals surface area contributed by atoms with E-state index in [1.165, 1.54) is 16.7 Å². The SMILES string of the molecule is Brc1cccc(C(Br)(c2ccccc2)c2ccccc2)c1Br. The Morgan fingerprint density at radius 2 is 1.09 bits per heavy atom. The summed E-state index contributed by atoms with van der Waals surface area (Å²) in [7, 11) is 0. The summed E-state index contributed by atoms with van der Waals surface area (Å²) in [5.41, 5.74) is 3.55. The second-order valence-electron chi connectivity index (χ2n) is 4.99. The molecule has 0 nitrogen and oxygen atoms in total. The van der Waals surface area contributed by atoms with Crippen molar-refractivity contribution in [2.75, 3.05) is 0 Å². The van der Waals surface area contributed by atoms with E-state index in [0.717, 1.165) is 8.95 Å². The van der Waals surface area contributed by atoms with E-state index < -0.39 is 4.32 Å². The Labute approximate surface area is 156 Å². The molecule has 0 saturated carbocycles. The minimum absolute atomic E-state index is 0.405. The van der Waals surface area contributed by atoms with Crippen molar-refractivity contribution >= 4 is 47.8 Å². The van der Waals surface area contributed by atoms with Gasteiger partial charge in [0.05, 0.1) is 0 Å². The van der Waals surface area contributed by atoms with Gasteiger partial charge in [-0.1, -0.05) is 88.7 Å². The number of hydrogen-bond acceptors (Lipinski definition) is 0. The van der Waals surface area contributed by atoms with Crippen molar-refractivity contribution in [2.24, 2.45) is 0 Å². The quantitative estimate of drug-likeness (QED) is 0.282. The van der Waals surface area contributed by atoms with Crippen molar-refractivity contribution in [1.29, 1.82) is 0 Å². The smallest absolute Gasteiger partial charge is 0.0695 e. The van der Waals surface area contributed by atoms with Crippen LogP contribution < -0.4 is 0 Å². The summed E-state index contributed by atoms with van der Waals surface area (Å²) in [5.74, 6) is 0. The summed E-state index contributed by atoms with van der Waals surface area (Å²) in [6.07, 6.45) is 0. The third-order valence-electron chi connectivity index (χ3n) is 3.67. The van der Waals surface area contributed by atoms with E-state index >= 15 is 0 Å². The fourth-order valence-electron chi connectivity index (χ4n) is 2.58. The van der Waals surface area contributed by atoms with E-state index in [-0.39, 0.29) is 0 Å². The van der Waals surface area contributed by atoms with Gasteiger partial charge in [0.25, 0.3) is 0 Å². The van der Waals surface area contributed by atoms with Gasteiger partial charge in [-0.15, -0.1) is 0 Å². The Morgan fingerprint density at radius 1 is 0.591 bits per heavy atom. The average Bonchev–Trinajstić information content (AvgIpc) is 2.58. The molecule has 0 aliphatic carbocycles. The van der Waals surface area contributed by atoms with E-state index in [0.29, 0.717) is 0 Å². The maximum atomic E-state index is 4.04. The molecule has 110 valence electrons. The number of halogens is 3. The van der Waals surface area contributed by atoms with Crippen molar-refractivity contribution < 1.29 is 0 Å². The van der Waals surface area contributed by atoms with Crippen LogP contribution in [0.25, 0.3) is 0 Å². The third-order valence-corrected chi connectivity index (χ3v) is 7.06. The molecule has 3 heteroatoms. The van der Waals surface area contributed by atoms with Gasteiger partial charge < -0.3 is 0 Å². The molecule has 3 aromatic rings. The van der Waals surface area contributed by atoms with Crippen LogP contribution in [0, 0.1) is 0 Å². The van der Waals surface area contributed by atoms with Crippen molar-refractivity contribution in [1.82, 2.24) is 0 Å². The lowest BCUT2D eigenvalue weighted by molar-refractivity contribution is 0.908. The molecule has 0 aliphatic heterocycles. The largest absolute Gasteiger partial charge is 0.102 e. The van der Waals surface area contributed by atoms with Gasteiger partial charge in [0, 0.05) is 8.95 Å². The van der Waals surface area contributed by atoms with Crippen LogP contribution in [0.3, 0.4) is 0 Å². The van der Waals surface area contributed by atoms with Crippen LogP contribution in [0.5, 0.6) is 0 Å². The molecule has 0 atom stereocenters. The molecule has 0 N–H and O–H groups in total. The van der Waals surface area contributed by atoms with E-state index in [2.05, 4.69) is 108 Å². The molecule has 0 fully saturated rings. The van der Waals surface area contributed by atoms with Crippen LogP contribution in [0.2, 0.25) is 0 Å². The van der Waals surface area contributed by atoms with E-state index in [4.69, 9.17) is 0 Å². The van der Waals surface area contributed by atoms with Gasteiger partial charge in [0.1, 0.15) is 4.32 Å². The monoisotopic (exact) mass is 478 g/mol. The molecule has 0 bridgehead atoms. The molecule has 22 heavy (non-hydrogen) atoms. The molecule has 0 amide bonds. The molecule has 0 aliphatic rings. The van der Waals surface area contributed by atoms with Gasteiger partial charge in [-0.25, -0.2) is 0 Å². The van der Waals surface area contributed by atoms with E-state index in [1.54, 1.807) is 0 Å². The highest BCUT2D eigenvalue weighted by Gasteiger charge is 2.35. The van der Waals surface area contributed by atoms with Crippen molar-refractivity contribution in [2.45, 2.75) is 4.32 Å². The highest BCUT2D eigenvalue weighted by atomic mass is 79.9. The summed E-state index contributed by atoms with van der Waals surface area (Å²) in [5, 5.41) is 0. The van der Waals surface area contributed by atoms with Crippen molar-refractivity contribution in [3.8, 4) is 0 Å². The predicted octanol–water partition coefficient (Wildman–Crippen LogP) is 6.90. The Bertz CT molecular complexity index is 728. The normalized spacial score (nSPS) is 11.4. The number of alkyl halides is 1. The summed E-state index contributed by atoms with van der Waals surface area (Å²) < 4.78 is 1.69. The lowest BCUT2D eigenvalue weighted by Crippen LogP contribution is -2.22. The van der Waals surface area contributed by atoms with Crippen LogP contribution in [-0.2, 0) is 4.32 Å². The molecule has 0 spiro atoms. The van der Waals surface area contributed by atoms with E-state index in [9.17, 15) is 0 Å². The molecule has 0 radical (unpaired) electrons. The minimum Gasteiger partial charge on any atom is -0.0695 e. The van der Waals surface area contributed by atoms with Crippen LogP contribution in [0.15, 0.2) is 87.8 Å². The zero-order valence-corrected chi connectivity index (χ0v) is 16.4. The average molecular weight is 481 g/mol. The molecule has 0 saturated heterocycles. The summed E-state index contributed by atoms with van der Waals surface area (Å²) in [6, 6.07) is 27.2. The first-order valence-electron chi connectivity index (χ1n) is 6.88. The Balaban J connectivity index is 2.31. The van der Waals surface area contributed by atoms with Crippen LogP contribution in [-0.4, -0.2) is 0 Å². The van der Waals surface area contributed by atoms with Crippen molar-refractivity contribution in [3.05, 3.63) is 104 Å². The highest BCUT2D eigenvalue weighted by Crippen LogP contribution is 2.48. The second-order valence-corrected chi connectivity index (χ2v) is 7.83. The highest BCUT2D eigenvalue weighted by molar-refractivity contribution is 9.13. The summed E-state index contributed by atoms with van der Waals surface area (Å²) in [4.78, 5) is 0. The number of benzene rings is 3. The van der Waals surface area contributed by atoms with Gasteiger partial charge in [0.15, 0.2) is 0 Å². The zero-order chi connectivity index (χ0) is 15.6. The third kappa shape index (κ3) is 2.82. The van der Waals surface area contributed by atoms with Crippen LogP contribution >= 0.6 is 47.8 Å². The summed E-state index contributed by atoms with van der Waals surface area (Å²) in [6.45, 7) is 0.